The second-order valence-electron chi connectivity index (χ2n) is 9.03. The first-order valence-electron chi connectivity index (χ1n) is 11.8. The molecule has 0 radical (unpaired) electrons. The van der Waals surface area contributed by atoms with Gasteiger partial charge in [-0.15, -0.1) is 0 Å². The molecule has 1 N–H and O–H groups in total. The Morgan fingerprint density at radius 3 is 2.67 bits per heavy atom. The summed E-state index contributed by atoms with van der Waals surface area (Å²) < 4.78 is 11.3. The van der Waals surface area contributed by atoms with Crippen molar-refractivity contribution in [1.29, 1.82) is 0 Å². The number of nitrogens with zero attached hydrogens (tertiary/aromatic N) is 3. The molecule has 7 heteroatoms. The Morgan fingerprint density at radius 1 is 0.970 bits per heavy atom. The molecule has 3 aromatic rings. The smallest absolute Gasteiger partial charge is 0.227 e. The molecule has 7 nitrogen and oxygen atoms in total. The number of ether oxygens (including phenoxy) is 2. The zero-order valence-electron chi connectivity index (χ0n) is 18.6. The number of pyridine rings is 1. The van der Waals surface area contributed by atoms with Gasteiger partial charge in [0.25, 0.3) is 0 Å². The van der Waals surface area contributed by atoms with Crippen LogP contribution in [0.5, 0.6) is 11.5 Å². The van der Waals surface area contributed by atoms with Gasteiger partial charge in [-0.3, -0.25) is 14.7 Å². The highest BCUT2D eigenvalue weighted by atomic mass is 16.6. The number of aromatic nitrogens is 1. The van der Waals surface area contributed by atoms with Gasteiger partial charge in [0, 0.05) is 56.0 Å². The topological polar surface area (TPSA) is 66.9 Å². The van der Waals surface area contributed by atoms with Gasteiger partial charge in [-0.25, -0.2) is 0 Å². The van der Waals surface area contributed by atoms with E-state index in [0.717, 1.165) is 61.7 Å². The number of anilines is 1. The molecule has 3 aliphatic heterocycles. The van der Waals surface area contributed by atoms with Gasteiger partial charge < -0.3 is 19.7 Å². The molecule has 0 bridgehead atoms. The number of hydrogen-bond donors (Lipinski definition) is 1. The molecule has 2 aromatic carbocycles. The van der Waals surface area contributed by atoms with Crippen molar-refractivity contribution in [2.24, 2.45) is 0 Å². The summed E-state index contributed by atoms with van der Waals surface area (Å²) in [5.74, 6) is 1.49. The van der Waals surface area contributed by atoms with Gasteiger partial charge >= 0.3 is 0 Å². The highest BCUT2D eigenvalue weighted by molar-refractivity contribution is 5.91. The lowest BCUT2D eigenvalue weighted by atomic mass is 9.95. The van der Waals surface area contributed by atoms with Gasteiger partial charge in [0.1, 0.15) is 13.2 Å². The highest BCUT2D eigenvalue weighted by Gasteiger charge is 2.35. The molecular weight excluding hydrogens is 416 g/mol. The summed E-state index contributed by atoms with van der Waals surface area (Å²) in [6.07, 6.45) is 2.71. The normalized spacial score (nSPS) is 23.0. The molecule has 1 amide bonds. The van der Waals surface area contributed by atoms with Crippen molar-refractivity contribution in [1.82, 2.24) is 15.2 Å². The van der Waals surface area contributed by atoms with Crippen LogP contribution in [0.4, 0.5) is 5.69 Å². The molecular formula is C26H28N4O3. The number of para-hydroxylation sites is 1. The third-order valence-electron chi connectivity index (χ3n) is 6.97. The molecule has 2 fully saturated rings. The average molecular weight is 445 g/mol. The maximum Gasteiger partial charge on any atom is 0.227 e. The minimum absolute atomic E-state index is 0.110. The number of carbonyl (C=O) groups is 1. The predicted octanol–water partition coefficient (Wildman–Crippen LogP) is 2.80. The van der Waals surface area contributed by atoms with Crippen LogP contribution >= 0.6 is 0 Å². The monoisotopic (exact) mass is 444 g/mol. The van der Waals surface area contributed by atoms with E-state index in [1.54, 1.807) is 0 Å². The van der Waals surface area contributed by atoms with Crippen LogP contribution in [-0.2, 0) is 4.79 Å². The van der Waals surface area contributed by atoms with Crippen molar-refractivity contribution in [2.45, 2.75) is 18.4 Å². The van der Waals surface area contributed by atoms with Crippen LogP contribution < -0.4 is 19.7 Å². The number of fused-ring (bicyclic) bond motifs is 2. The van der Waals surface area contributed by atoms with E-state index in [-0.39, 0.29) is 17.9 Å². The minimum Gasteiger partial charge on any atom is -0.486 e. The van der Waals surface area contributed by atoms with E-state index in [1.807, 2.05) is 30.5 Å². The van der Waals surface area contributed by atoms with Crippen molar-refractivity contribution in [2.75, 3.05) is 50.8 Å². The summed E-state index contributed by atoms with van der Waals surface area (Å²) in [5, 5.41) is 4.43. The first kappa shape index (κ1) is 20.3. The maximum absolute atomic E-state index is 12.7. The van der Waals surface area contributed by atoms with E-state index in [4.69, 9.17) is 9.47 Å². The van der Waals surface area contributed by atoms with Crippen molar-refractivity contribution in [3.05, 3.63) is 60.3 Å². The molecule has 2 saturated heterocycles. The molecule has 3 aliphatic rings. The lowest BCUT2D eigenvalue weighted by molar-refractivity contribution is -0.120. The first-order chi connectivity index (χ1) is 16.2. The number of hydrogen-bond acceptors (Lipinski definition) is 6. The Kier molecular flexibility index (Phi) is 5.26. The van der Waals surface area contributed by atoms with Crippen LogP contribution in [-0.4, -0.2) is 67.8 Å². The summed E-state index contributed by atoms with van der Waals surface area (Å²) in [6.45, 7) is 5.92. The van der Waals surface area contributed by atoms with Crippen molar-refractivity contribution >= 4 is 22.5 Å². The Hall–Kier alpha value is -3.32. The molecule has 4 heterocycles. The van der Waals surface area contributed by atoms with E-state index >= 15 is 0 Å². The maximum atomic E-state index is 12.7. The quantitative estimate of drug-likeness (QED) is 0.668. The van der Waals surface area contributed by atoms with Crippen LogP contribution in [0.15, 0.2) is 54.7 Å². The summed E-state index contributed by atoms with van der Waals surface area (Å²) >= 11 is 0. The van der Waals surface area contributed by atoms with E-state index in [9.17, 15) is 4.79 Å². The summed E-state index contributed by atoms with van der Waals surface area (Å²) in [4.78, 5) is 22.2. The van der Waals surface area contributed by atoms with Gasteiger partial charge in [0.2, 0.25) is 5.91 Å². The Morgan fingerprint density at radius 2 is 1.79 bits per heavy atom. The van der Waals surface area contributed by atoms with E-state index in [1.165, 1.54) is 11.1 Å². The minimum atomic E-state index is -0.129. The van der Waals surface area contributed by atoms with Crippen molar-refractivity contribution < 1.29 is 14.3 Å². The zero-order valence-corrected chi connectivity index (χ0v) is 18.6. The van der Waals surface area contributed by atoms with Crippen LogP contribution in [0.3, 0.4) is 0 Å². The van der Waals surface area contributed by atoms with Crippen LogP contribution in [0.25, 0.3) is 10.9 Å². The zero-order chi connectivity index (χ0) is 22.2. The number of benzene rings is 2. The van der Waals surface area contributed by atoms with Crippen LogP contribution in [0, 0.1) is 0 Å². The largest absolute Gasteiger partial charge is 0.486 e. The fourth-order valence-corrected chi connectivity index (χ4v) is 5.28. The fraction of sp³-hybridized carbons (Fsp3) is 0.385. The van der Waals surface area contributed by atoms with E-state index < -0.39 is 0 Å². The standard InChI is InChI=1S/C26H28N4O3/c31-26-21(18-5-6-24-25(15-18)33-14-13-32-24)16-19(28-26)17-29-9-11-30(12-10-29)23-7-8-27-22-4-2-1-3-20(22)23/h1-8,15,19,21H,9-14,16-17H2,(H,28,31)/t19?,21-/m1/s1. The second-order valence-corrected chi connectivity index (χ2v) is 9.03. The molecule has 6 rings (SSSR count). The summed E-state index contributed by atoms with van der Waals surface area (Å²) in [5.41, 5.74) is 3.30. The summed E-state index contributed by atoms with van der Waals surface area (Å²) in [6, 6.07) is 16.5. The molecule has 2 atom stereocenters. The highest BCUT2D eigenvalue weighted by Crippen LogP contribution is 2.36. The lowest BCUT2D eigenvalue weighted by Gasteiger charge is -2.37. The fourth-order valence-electron chi connectivity index (χ4n) is 5.28. The molecule has 0 saturated carbocycles. The van der Waals surface area contributed by atoms with Gasteiger partial charge in [-0.2, -0.15) is 0 Å². The molecule has 170 valence electrons. The number of carbonyl (C=O) groups excluding carboxylic acids is 1. The van der Waals surface area contributed by atoms with Gasteiger partial charge in [0.05, 0.1) is 11.4 Å². The Balaban J connectivity index is 1.08. The first-order valence-corrected chi connectivity index (χ1v) is 11.8. The van der Waals surface area contributed by atoms with Gasteiger partial charge in [-0.05, 0) is 36.2 Å². The second kappa shape index (κ2) is 8.56. The molecule has 1 aromatic heterocycles. The molecule has 33 heavy (non-hydrogen) atoms. The SMILES string of the molecule is O=C1NC(CN2CCN(c3ccnc4ccccc34)CC2)C[C@@H]1c1ccc2c(c1)OCCO2. The van der Waals surface area contributed by atoms with Crippen molar-refractivity contribution in [3.8, 4) is 11.5 Å². The average Bonchev–Trinajstić information content (AvgIpc) is 3.23. The van der Waals surface area contributed by atoms with Crippen LogP contribution in [0.2, 0.25) is 0 Å². The molecule has 0 aliphatic carbocycles. The Labute approximate surface area is 193 Å². The third-order valence-corrected chi connectivity index (χ3v) is 6.97. The predicted molar refractivity (Wildman–Crippen MR) is 127 cm³/mol. The van der Waals surface area contributed by atoms with E-state index in [2.05, 4.69) is 44.4 Å². The summed E-state index contributed by atoms with van der Waals surface area (Å²) in [7, 11) is 0. The molecule has 0 spiro atoms. The molecule has 1 unspecified atom stereocenters. The third kappa shape index (κ3) is 3.97. The van der Waals surface area contributed by atoms with Crippen molar-refractivity contribution in [3.63, 3.8) is 0 Å². The number of amides is 1. The number of piperazine rings is 1. The Bertz CT molecular complexity index is 1170. The van der Waals surface area contributed by atoms with Crippen LogP contribution in [0.1, 0.15) is 17.9 Å². The van der Waals surface area contributed by atoms with Gasteiger partial charge in [-0.1, -0.05) is 24.3 Å². The van der Waals surface area contributed by atoms with Gasteiger partial charge in [0.15, 0.2) is 11.5 Å². The number of rotatable bonds is 4. The van der Waals surface area contributed by atoms with E-state index in [0.29, 0.717) is 13.2 Å². The lowest BCUT2D eigenvalue weighted by Crippen LogP contribution is -2.50. The number of nitrogens with one attached hydrogen (secondary N) is 1.